The number of carbonyl (C=O) groups is 1. The fraction of sp³-hybridized carbons (Fsp3) is 0.917. The number of nitrogens with one attached hydrogen (secondary N) is 2. The molecule has 0 aliphatic carbocycles. The number of hydrogen-bond acceptors (Lipinski definition) is 3. The van der Waals surface area contributed by atoms with Crippen LogP contribution < -0.4 is 10.6 Å². The minimum atomic E-state index is -0.319. The molecule has 1 rings (SSSR count). The van der Waals surface area contributed by atoms with Crippen molar-refractivity contribution in [2.24, 2.45) is 11.3 Å². The predicted molar refractivity (Wildman–Crippen MR) is 64.1 cm³/mol. The summed E-state index contributed by atoms with van der Waals surface area (Å²) in [7, 11) is 0. The van der Waals surface area contributed by atoms with Gasteiger partial charge >= 0.3 is 0 Å². The number of rotatable bonds is 4. The SMILES string of the molecule is CC(C)C(CO)NC(=O)C1(C)CCCNC1. The number of hydrogen-bond donors (Lipinski definition) is 3. The van der Waals surface area contributed by atoms with Gasteiger partial charge in [0, 0.05) is 6.54 Å². The van der Waals surface area contributed by atoms with E-state index in [1.54, 1.807) is 0 Å². The van der Waals surface area contributed by atoms with Crippen LogP contribution in [-0.2, 0) is 4.79 Å². The Morgan fingerprint density at radius 2 is 2.25 bits per heavy atom. The highest BCUT2D eigenvalue weighted by molar-refractivity contribution is 5.82. The maximum Gasteiger partial charge on any atom is 0.227 e. The van der Waals surface area contributed by atoms with Crippen molar-refractivity contribution in [3.05, 3.63) is 0 Å². The third-order valence-electron chi connectivity index (χ3n) is 3.46. The highest BCUT2D eigenvalue weighted by Crippen LogP contribution is 2.25. The first-order chi connectivity index (χ1) is 7.49. The summed E-state index contributed by atoms with van der Waals surface area (Å²) in [6, 6.07) is -0.133. The van der Waals surface area contributed by atoms with Crippen LogP contribution in [-0.4, -0.2) is 36.8 Å². The van der Waals surface area contributed by atoms with Gasteiger partial charge in [-0.1, -0.05) is 13.8 Å². The Labute approximate surface area is 97.8 Å². The van der Waals surface area contributed by atoms with E-state index in [9.17, 15) is 9.90 Å². The van der Waals surface area contributed by atoms with E-state index in [-0.39, 0.29) is 29.9 Å². The number of amides is 1. The van der Waals surface area contributed by atoms with Gasteiger partial charge in [0.05, 0.1) is 18.1 Å². The first-order valence-electron chi connectivity index (χ1n) is 6.12. The first-order valence-corrected chi connectivity index (χ1v) is 6.12. The summed E-state index contributed by atoms with van der Waals surface area (Å²) in [5.74, 6) is 0.321. The van der Waals surface area contributed by atoms with Gasteiger partial charge in [0.25, 0.3) is 0 Å². The summed E-state index contributed by atoms with van der Waals surface area (Å²) >= 11 is 0. The van der Waals surface area contributed by atoms with Crippen molar-refractivity contribution in [2.75, 3.05) is 19.7 Å². The highest BCUT2D eigenvalue weighted by atomic mass is 16.3. The molecule has 1 fully saturated rings. The van der Waals surface area contributed by atoms with Gasteiger partial charge in [-0.25, -0.2) is 0 Å². The maximum absolute atomic E-state index is 12.1. The Bertz CT molecular complexity index is 235. The van der Waals surface area contributed by atoms with Crippen LogP contribution in [0.4, 0.5) is 0 Å². The van der Waals surface area contributed by atoms with Gasteiger partial charge in [0.1, 0.15) is 0 Å². The Kier molecular flexibility index (Phi) is 4.74. The van der Waals surface area contributed by atoms with E-state index in [0.29, 0.717) is 0 Å². The summed E-state index contributed by atoms with van der Waals surface area (Å²) < 4.78 is 0. The maximum atomic E-state index is 12.1. The average Bonchev–Trinajstić information content (AvgIpc) is 2.26. The lowest BCUT2D eigenvalue weighted by Crippen LogP contribution is -2.53. The molecule has 2 unspecified atom stereocenters. The van der Waals surface area contributed by atoms with Crippen molar-refractivity contribution in [3.63, 3.8) is 0 Å². The van der Waals surface area contributed by atoms with Gasteiger partial charge in [0.15, 0.2) is 0 Å². The number of aliphatic hydroxyl groups excluding tert-OH is 1. The molecule has 1 amide bonds. The molecule has 1 heterocycles. The minimum Gasteiger partial charge on any atom is -0.394 e. The van der Waals surface area contributed by atoms with Crippen LogP contribution >= 0.6 is 0 Å². The molecule has 0 aromatic heterocycles. The zero-order chi connectivity index (χ0) is 12.2. The van der Waals surface area contributed by atoms with E-state index in [2.05, 4.69) is 10.6 Å². The molecule has 1 saturated heterocycles. The molecular weight excluding hydrogens is 204 g/mol. The van der Waals surface area contributed by atoms with E-state index >= 15 is 0 Å². The van der Waals surface area contributed by atoms with Crippen LogP contribution in [0.5, 0.6) is 0 Å². The predicted octanol–water partition coefficient (Wildman–Crippen LogP) is 0.509. The van der Waals surface area contributed by atoms with Gasteiger partial charge in [-0.2, -0.15) is 0 Å². The highest BCUT2D eigenvalue weighted by Gasteiger charge is 2.35. The van der Waals surface area contributed by atoms with E-state index in [0.717, 1.165) is 25.9 Å². The summed E-state index contributed by atoms with van der Waals surface area (Å²) in [5.41, 5.74) is -0.319. The fourth-order valence-electron chi connectivity index (χ4n) is 2.02. The largest absolute Gasteiger partial charge is 0.394 e. The van der Waals surface area contributed by atoms with Crippen molar-refractivity contribution in [2.45, 2.75) is 39.7 Å². The molecule has 16 heavy (non-hydrogen) atoms. The molecule has 0 aromatic rings. The zero-order valence-electron chi connectivity index (χ0n) is 10.5. The molecule has 3 N–H and O–H groups in total. The quantitative estimate of drug-likeness (QED) is 0.657. The van der Waals surface area contributed by atoms with Gasteiger partial charge in [-0.3, -0.25) is 4.79 Å². The minimum absolute atomic E-state index is 0.00686. The van der Waals surface area contributed by atoms with Crippen LogP contribution in [0.3, 0.4) is 0 Å². The molecular formula is C12H24N2O2. The van der Waals surface area contributed by atoms with Crippen LogP contribution in [0.1, 0.15) is 33.6 Å². The Hall–Kier alpha value is -0.610. The van der Waals surface area contributed by atoms with E-state index in [1.807, 2.05) is 20.8 Å². The molecule has 0 bridgehead atoms. The fourth-order valence-corrected chi connectivity index (χ4v) is 2.02. The van der Waals surface area contributed by atoms with Crippen molar-refractivity contribution >= 4 is 5.91 Å². The molecule has 0 saturated carbocycles. The molecule has 1 aliphatic rings. The van der Waals surface area contributed by atoms with Gasteiger partial charge in [0.2, 0.25) is 5.91 Å². The molecule has 0 aromatic carbocycles. The van der Waals surface area contributed by atoms with Gasteiger partial charge < -0.3 is 15.7 Å². The van der Waals surface area contributed by atoms with E-state index in [4.69, 9.17) is 0 Å². The second-order valence-corrected chi connectivity index (χ2v) is 5.35. The van der Waals surface area contributed by atoms with Crippen molar-refractivity contribution in [3.8, 4) is 0 Å². The third kappa shape index (κ3) is 3.19. The van der Waals surface area contributed by atoms with Gasteiger partial charge in [-0.15, -0.1) is 0 Å². The lowest BCUT2D eigenvalue weighted by atomic mass is 9.81. The van der Waals surface area contributed by atoms with Crippen LogP contribution in [0, 0.1) is 11.3 Å². The summed E-state index contributed by atoms with van der Waals surface area (Å²) in [5, 5.41) is 15.4. The number of piperidine rings is 1. The zero-order valence-corrected chi connectivity index (χ0v) is 10.5. The molecule has 4 heteroatoms. The standard InChI is InChI=1S/C12H24N2O2/c1-9(2)10(7-15)14-11(16)12(3)5-4-6-13-8-12/h9-10,13,15H,4-8H2,1-3H3,(H,14,16). The van der Waals surface area contributed by atoms with Crippen molar-refractivity contribution in [1.29, 1.82) is 0 Å². The van der Waals surface area contributed by atoms with Crippen molar-refractivity contribution in [1.82, 2.24) is 10.6 Å². The van der Waals surface area contributed by atoms with Gasteiger partial charge in [-0.05, 0) is 32.2 Å². The van der Waals surface area contributed by atoms with Crippen LogP contribution in [0.25, 0.3) is 0 Å². The smallest absolute Gasteiger partial charge is 0.227 e. The van der Waals surface area contributed by atoms with Crippen LogP contribution in [0.2, 0.25) is 0 Å². The topological polar surface area (TPSA) is 61.4 Å². The number of aliphatic hydroxyl groups is 1. The normalized spacial score (nSPS) is 27.8. The molecule has 94 valence electrons. The van der Waals surface area contributed by atoms with E-state index < -0.39 is 0 Å². The lowest BCUT2D eigenvalue weighted by molar-refractivity contribution is -0.132. The lowest BCUT2D eigenvalue weighted by Gasteiger charge is -2.34. The molecule has 4 nitrogen and oxygen atoms in total. The summed E-state index contributed by atoms with van der Waals surface area (Å²) in [4.78, 5) is 12.1. The van der Waals surface area contributed by atoms with Crippen LogP contribution in [0.15, 0.2) is 0 Å². The Balaban J connectivity index is 2.55. The Morgan fingerprint density at radius 3 is 2.69 bits per heavy atom. The van der Waals surface area contributed by atoms with Crippen molar-refractivity contribution < 1.29 is 9.90 Å². The molecule has 2 atom stereocenters. The van der Waals surface area contributed by atoms with E-state index in [1.165, 1.54) is 0 Å². The monoisotopic (exact) mass is 228 g/mol. The first kappa shape index (κ1) is 13.5. The summed E-state index contributed by atoms with van der Waals surface area (Å²) in [6.45, 7) is 7.73. The second-order valence-electron chi connectivity index (χ2n) is 5.35. The summed E-state index contributed by atoms with van der Waals surface area (Å²) in [6.07, 6.45) is 1.96. The Morgan fingerprint density at radius 1 is 1.56 bits per heavy atom. The average molecular weight is 228 g/mol. The second kappa shape index (κ2) is 5.64. The molecule has 0 spiro atoms. The number of carbonyl (C=O) groups excluding carboxylic acids is 1. The third-order valence-corrected chi connectivity index (χ3v) is 3.46. The molecule has 1 aliphatic heterocycles. The molecule has 0 radical (unpaired) electrons.